The van der Waals surface area contributed by atoms with Crippen molar-refractivity contribution in [2.45, 2.75) is 50.7 Å². The highest BCUT2D eigenvalue weighted by Gasteiger charge is 2.42. The predicted molar refractivity (Wildman–Crippen MR) is 83.1 cm³/mol. The smallest absolute Gasteiger partial charge is 0.0931 e. The molecule has 0 bridgehead atoms. The van der Waals surface area contributed by atoms with E-state index in [1.54, 1.807) is 11.3 Å². The third kappa shape index (κ3) is 3.33. The molecule has 1 saturated carbocycles. The molecule has 2 nitrogen and oxygen atoms in total. The SMILES string of the molecule is CC1CCC(C(O)Cc2ccc(Cl)s2)(N(C)C)CC1. The van der Waals surface area contributed by atoms with Gasteiger partial charge in [-0.1, -0.05) is 18.5 Å². The van der Waals surface area contributed by atoms with Crippen LogP contribution in [0.1, 0.15) is 37.5 Å². The molecule has 1 unspecified atom stereocenters. The van der Waals surface area contributed by atoms with Crippen molar-refractivity contribution in [1.29, 1.82) is 0 Å². The number of likely N-dealkylation sites (N-methyl/N-ethyl adjacent to an activating group) is 1. The number of aliphatic hydroxyl groups is 1. The average Bonchev–Trinajstić information content (AvgIpc) is 2.75. The molecule has 0 spiro atoms. The van der Waals surface area contributed by atoms with Crippen molar-refractivity contribution in [3.8, 4) is 0 Å². The van der Waals surface area contributed by atoms with E-state index in [1.807, 2.05) is 12.1 Å². The van der Waals surface area contributed by atoms with Gasteiger partial charge in [0.2, 0.25) is 0 Å². The zero-order chi connectivity index (χ0) is 14.0. The Labute approximate surface area is 125 Å². The van der Waals surface area contributed by atoms with Gasteiger partial charge in [0, 0.05) is 16.8 Å². The third-order valence-corrected chi connectivity index (χ3v) is 5.93. The molecule has 1 N–H and O–H groups in total. The number of hydrogen-bond donors (Lipinski definition) is 1. The summed E-state index contributed by atoms with van der Waals surface area (Å²) in [6.45, 7) is 2.31. The lowest BCUT2D eigenvalue weighted by Gasteiger charge is -2.47. The molecule has 1 aliphatic carbocycles. The lowest BCUT2D eigenvalue weighted by molar-refractivity contribution is -0.0378. The Balaban J connectivity index is 2.10. The number of thiophene rings is 1. The number of hydrogen-bond acceptors (Lipinski definition) is 3. The van der Waals surface area contributed by atoms with Crippen LogP contribution < -0.4 is 0 Å². The maximum absolute atomic E-state index is 10.8. The summed E-state index contributed by atoms with van der Waals surface area (Å²) in [7, 11) is 4.20. The summed E-state index contributed by atoms with van der Waals surface area (Å²) in [5, 5.41) is 10.8. The van der Waals surface area contributed by atoms with Gasteiger partial charge in [-0.3, -0.25) is 0 Å². The number of nitrogens with zero attached hydrogens (tertiary/aromatic N) is 1. The molecule has 0 saturated heterocycles. The highest BCUT2D eigenvalue weighted by atomic mass is 35.5. The van der Waals surface area contributed by atoms with E-state index in [0.29, 0.717) is 6.42 Å². The first kappa shape index (κ1) is 15.3. The Morgan fingerprint density at radius 1 is 1.42 bits per heavy atom. The van der Waals surface area contributed by atoms with E-state index in [9.17, 15) is 5.11 Å². The van der Waals surface area contributed by atoms with Gasteiger partial charge in [-0.15, -0.1) is 11.3 Å². The molecule has 19 heavy (non-hydrogen) atoms. The minimum Gasteiger partial charge on any atom is -0.391 e. The minimum atomic E-state index is -0.315. The molecular weight excluding hydrogens is 278 g/mol. The van der Waals surface area contributed by atoms with Gasteiger partial charge in [-0.2, -0.15) is 0 Å². The van der Waals surface area contributed by atoms with Crippen molar-refractivity contribution in [2.75, 3.05) is 14.1 Å². The Morgan fingerprint density at radius 2 is 2.05 bits per heavy atom. The number of rotatable bonds is 4. The third-order valence-electron chi connectivity index (χ3n) is 4.67. The van der Waals surface area contributed by atoms with Crippen LogP contribution in [-0.4, -0.2) is 35.7 Å². The predicted octanol–water partition coefficient (Wildman–Crippen LogP) is 3.82. The van der Waals surface area contributed by atoms with Crippen LogP contribution >= 0.6 is 22.9 Å². The first-order chi connectivity index (χ1) is 8.94. The summed E-state index contributed by atoms with van der Waals surface area (Å²) >= 11 is 7.55. The van der Waals surface area contributed by atoms with Crippen molar-refractivity contribution in [1.82, 2.24) is 4.90 Å². The molecule has 4 heteroatoms. The van der Waals surface area contributed by atoms with Crippen LogP contribution in [0.4, 0.5) is 0 Å². The fraction of sp³-hybridized carbons (Fsp3) is 0.733. The van der Waals surface area contributed by atoms with Gasteiger partial charge in [-0.25, -0.2) is 0 Å². The highest BCUT2D eigenvalue weighted by Crippen LogP contribution is 2.39. The number of aliphatic hydroxyl groups excluding tert-OH is 1. The monoisotopic (exact) mass is 301 g/mol. The van der Waals surface area contributed by atoms with E-state index in [0.717, 1.165) is 23.1 Å². The van der Waals surface area contributed by atoms with Gasteiger partial charge in [0.1, 0.15) is 0 Å². The molecule has 0 radical (unpaired) electrons. The molecular formula is C15H24ClNOS. The number of halogens is 1. The van der Waals surface area contributed by atoms with Crippen LogP contribution in [0, 0.1) is 5.92 Å². The van der Waals surface area contributed by atoms with Crippen molar-refractivity contribution in [2.24, 2.45) is 5.92 Å². The quantitative estimate of drug-likeness (QED) is 0.914. The summed E-state index contributed by atoms with van der Waals surface area (Å²) < 4.78 is 0.804. The second-order valence-corrected chi connectivity index (χ2v) is 7.91. The van der Waals surface area contributed by atoms with Gasteiger partial charge < -0.3 is 10.0 Å². The van der Waals surface area contributed by atoms with E-state index in [2.05, 4.69) is 25.9 Å². The molecule has 0 amide bonds. The zero-order valence-electron chi connectivity index (χ0n) is 12.0. The lowest BCUT2D eigenvalue weighted by atomic mass is 9.72. The molecule has 1 fully saturated rings. The lowest BCUT2D eigenvalue weighted by Crippen LogP contribution is -2.56. The summed E-state index contributed by atoms with van der Waals surface area (Å²) in [6, 6.07) is 3.95. The van der Waals surface area contributed by atoms with E-state index >= 15 is 0 Å². The molecule has 0 aliphatic heterocycles. The first-order valence-corrected chi connectivity index (χ1v) is 8.23. The summed E-state index contributed by atoms with van der Waals surface area (Å²) in [5.74, 6) is 0.788. The van der Waals surface area contributed by atoms with Crippen molar-refractivity contribution >= 4 is 22.9 Å². The average molecular weight is 302 g/mol. The Morgan fingerprint density at radius 3 is 2.53 bits per heavy atom. The fourth-order valence-corrected chi connectivity index (χ4v) is 4.31. The van der Waals surface area contributed by atoms with Crippen LogP contribution in [0.3, 0.4) is 0 Å². The maximum atomic E-state index is 10.8. The standard InChI is InChI=1S/C15H24ClNOS/c1-11-6-8-15(9-7-11,17(2)3)13(18)10-12-4-5-14(16)19-12/h4-5,11,13,18H,6-10H2,1-3H3. The van der Waals surface area contributed by atoms with E-state index in [1.165, 1.54) is 17.7 Å². The summed E-state index contributed by atoms with van der Waals surface area (Å²) in [4.78, 5) is 3.41. The molecule has 0 aromatic carbocycles. The molecule has 1 heterocycles. The van der Waals surface area contributed by atoms with Crippen molar-refractivity contribution in [3.05, 3.63) is 21.3 Å². The molecule has 2 rings (SSSR count). The largest absolute Gasteiger partial charge is 0.391 e. The van der Waals surface area contributed by atoms with Crippen LogP contribution in [0.15, 0.2) is 12.1 Å². The van der Waals surface area contributed by atoms with Gasteiger partial charge in [-0.05, 0) is 57.8 Å². The molecule has 1 aliphatic rings. The molecule has 1 aromatic rings. The molecule has 108 valence electrons. The second kappa shape index (κ2) is 6.13. The van der Waals surface area contributed by atoms with Crippen LogP contribution in [0.25, 0.3) is 0 Å². The van der Waals surface area contributed by atoms with Crippen LogP contribution in [0.2, 0.25) is 4.34 Å². The van der Waals surface area contributed by atoms with E-state index in [4.69, 9.17) is 11.6 Å². The molecule has 1 aromatic heterocycles. The maximum Gasteiger partial charge on any atom is 0.0931 e. The highest BCUT2D eigenvalue weighted by molar-refractivity contribution is 7.16. The topological polar surface area (TPSA) is 23.5 Å². The zero-order valence-corrected chi connectivity index (χ0v) is 13.6. The van der Waals surface area contributed by atoms with Crippen LogP contribution in [-0.2, 0) is 6.42 Å². The fourth-order valence-electron chi connectivity index (χ4n) is 3.18. The second-order valence-electron chi connectivity index (χ2n) is 6.11. The Kier molecular flexibility index (Phi) is 4.93. The van der Waals surface area contributed by atoms with Gasteiger partial charge in [0.25, 0.3) is 0 Å². The molecule has 1 atom stereocenters. The summed E-state index contributed by atoms with van der Waals surface area (Å²) in [5.41, 5.74) is -0.0665. The van der Waals surface area contributed by atoms with Gasteiger partial charge >= 0.3 is 0 Å². The van der Waals surface area contributed by atoms with Crippen molar-refractivity contribution in [3.63, 3.8) is 0 Å². The summed E-state index contributed by atoms with van der Waals surface area (Å²) in [6.07, 6.45) is 4.98. The Hall–Kier alpha value is -0.0900. The Bertz CT molecular complexity index is 410. The van der Waals surface area contributed by atoms with Crippen LogP contribution in [0.5, 0.6) is 0 Å². The van der Waals surface area contributed by atoms with E-state index < -0.39 is 0 Å². The first-order valence-electron chi connectivity index (χ1n) is 7.04. The van der Waals surface area contributed by atoms with E-state index in [-0.39, 0.29) is 11.6 Å². The van der Waals surface area contributed by atoms with Crippen molar-refractivity contribution < 1.29 is 5.11 Å². The normalized spacial score (nSPS) is 29.7. The minimum absolute atomic E-state index is 0.0665. The van der Waals surface area contributed by atoms with Gasteiger partial charge in [0.15, 0.2) is 0 Å². The van der Waals surface area contributed by atoms with Gasteiger partial charge in [0.05, 0.1) is 10.4 Å².